The van der Waals surface area contributed by atoms with E-state index >= 15 is 0 Å². The molecule has 1 N–H and O–H groups in total. The highest BCUT2D eigenvalue weighted by atomic mass is 15.3. The van der Waals surface area contributed by atoms with Gasteiger partial charge in [0.25, 0.3) is 0 Å². The van der Waals surface area contributed by atoms with Crippen molar-refractivity contribution in [3.8, 4) is 11.5 Å². The number of aromatic amines is 1. The van der Waals surface area contributed by atoms with Crippen LogP contribution in [0, 0.1) is 0 Å². The van der Waals surface area contributed by atoms with E-state index < -0.39 is 0 Å². The first-order valence-electron chi connectivity index (χ1n) is 4.77. The van der Waals surface area contributed by atoms with Crippen LogP contribution in [0.2, 0.25) is 0 Å². The van der Waals surface area contributed by atoms with E-state index in [1.807, 2.05) is 25.2 Å². The molecule has 0 aliphatic heterocycles. The van der Waals surface area contributed by atoms with Gasteiger partial charge < -0.3 is 4.98 Å². The zero-order chi connectivity index (χ0) is 10.3. The quantitative estimate of drug-likeness (QED) is 0.649. The summed E-state index contributed by atoms with van der Waals surface area (Å²) in [4.78, 5) is 7.49. The van der Waals surface area contributed by atoms with Crippen LogP contribution in [0.1, 0.15) is 0 Å². The van der Waals surface area contributed by atoms with Crippen LogP contribution in [0.15, 0.2) is 36.7 Å². The van der Waals surface area contributed by atoms with E-state index in [2.05, 4.69) is 27.2 Å². The summed E-state index contributed by atoms with van der Waals surface area (Å²) in [5.41, 5.74) is 2.07. The standard InChI is InChI=1S/C11H10N4/c1-15-7-12-11(14-15)10-6-8-4-2-3-5-9(8)13-10/h2-7,13H,1H3. The van der Waals surface area contributed by atoms with Crippen LogP contribution in [0.3, 0.4) is 0 Å². The second kappa shape index (κ2) is 2.95. The van der Waals surface area contributed by atoms with Crippen molar-refractivity contribution >= 4 is 10.9 Å². The topological polar surface area (TPSA) is 46.5 Å². The molecule has 3 aromatic rings. The highest BCUT2D eigenvalue weighted by Crippen LogP contribution is 2.20. The molecule has 0 unspecified atom stereocenters. The summed E-state index contributed by atoms with van der Waals surface area (Å²) in [6, 6.07) is 10.2. The van der Waals surface area contributed by atoms with E-state index in [1.165, 1.54) is 5.39 Å². The Morgan fingerprint density at radius 1 is 1.27 bits per heavy atom. The number of para-hydroxylation sites is 1. The molecule has 0 spiro atoms. The number of aryl methyl sites for hydroxylation is 1. The summed E-state index contributed by atoms with van der Waals surface area (Å²) in [6.45, 7) is 0. The first kappa shape index (κ1) is 8.23. The van der Waals surface area contributed by atoms with Gasteiger partial charge in [-0.2, -0.15) is 0 Å². The molecular weight excluding hydrogens is 188 g/mol. The number of fused-ring (bicyclic) bond motifs is 1. The molecular formula is C11H10N4. The highest BCUT2D eigenvalue weighted by molar-refractivity contribution is 5.84. The van der Waals surface area contributed by atoms with Gasteiger partial charge >= 0.3 is 0 Å². The minimum atomic E-state index is 0.730. The maximum absolute atomic E-state index is 4.25. The van der Waals surface area contributed by atoms with E-state index in [-0.39, 0.29) is 0 Å². The molecule has 0 bridgehead atoms. The summed E-state index contributed by atoms with van der Waals surface area (Å²) in [6.07, 6.45) is 1.70. The van der Waals surface area contributed by atoms with Crippen LogP contribution >= 0.6 is 0 Å². The Balaban J connectivity index is 2.19. The first-order valence-corrected chi connectivity index (χ1v) is 4.77. The van der Waals surface area contributed by atoms with Crippen molar-refractivity contribution in [2.45, 2.75) is 0 Å². The largest absolute Gasteiger partial charge is 0.352 e. The Labute approximate surface area is 86.6 Å². The molecule has 0 atom stereocenters. The van der Waals surface area contributed by atoms with Crippen molar-refractivity contribution in [2.75, 3.05) is 0 Å². The van der Waals surface area contributed by atoms with Crippen LogP contribution in [-0.4, -0.2) is 19.7 Å². The molecule has 1 aromatic carbocycles. The van der Waals surface area contributed by atoms with E-state index in [9.17, 15) is 0 Å². The molecule has 0 fully saturated rings. The second-order valence-electron chi connectivity index (χ2n) is 3.51. The van der Waals surface area contributed by atoms with Gasteiger partial charge in [0.15, 0.2) is 5.82 Å². The third-order valence-corrected chi connectivity index (χ3v) is 2.37. The minimum Gasteiger partial charge on any atom is -0.352 e. The molecule has 15 heavy (non-hydrogen) atoms. The normalized spacial score (nSPS) is 11.0. The maximum Gasteiger partial charge on any atom is 0.197 e. The van der Waals surface area contributed by atoms with Crippen molar-refractivity contribution in [3.63, 3.8) is 0 Å². The maximum atomic E-state index is 4.25. The van der Waals surface area contributed by atoms with Crippen molar-refractivity contribution in [3.05, 3.63) is 36.7 Å². The molecule has 0 aliphatic carbocycles. The van der Waals surface area contributed by atoms with Crippen LogP contribution in [0.4, 0.5) is 0 Å². The summed E-state index contributed by atoms with van der Waals surface area (Å²) in [5, 5.41) is 5.43. The molecule has 2 aromatic heterocycles. The Morgan fingerprint density at radius 2 is 2.13 bits per heavy atom. The number of H-pyrrole nitrogens is 1. The third kappa shape index (κ3) is 1.30. The van der Waals surface area contributed by atoms with Crippen LogP contribution in [0.25, 0.3) is 22.4 Å². The Morgan fingerprint density at radius 3 is 2.87 bits per heavy atom. The van der Waals surface area contributed by atoms with E-state index in [4.69, 9.17) is 0 Å². The summed E-state index contributed by atoms with van der Waals surface area (Å²) in [5.74, 6) is 0.730. The number of nitrogens with one attached hydrogen (secondary N) is 1. The zero-order valence-electron chi connectivity index (χ0n) is 8.31. The minimum absolute atomic E-state index is 0.730. The van der Waals surface area contributed by atoms with Gasteiger partial charge in [-0.25, -0.2) is 4.98 Å². The number of aromatic nitrogens is 4. The number of nitrogens with zero attached hydrogens (tertiary/aromatic N) is 3. The molecule has 2 heterocycles. The molecule has 0 radical (unpaired) electrons. The number of hydrogen-bond donors (Lipinski definition) is 1. The third-order valence-electron chi connectivity index (χ3n) is 2.37. The van der Waals surface area contributed by atoms with Crippen LogP contribution in [0.5, 0.6) is 0 Å². The van der Waals surface area contributed by atoms with Crippen molar-refractivity contribution in [1.82, 2.24) is 19.7 Å². The van der Waals surface area contributed by atoms with Gasteiger partial charge in [0.2, 0.25) is 0 Å². The lowest BCUT2D eigenvalue weighted by Gasteiger charge is -1.87. The smallest absolute Gasteiger partial charge is 0.197 e. The van der Waals surface area contributed by atoms with Gasteiger partial charge in [0, 0.05) is 18.0 Å². The zero-order valence-corrected chi connectivity index (χ0v) is 8.31. The van der Waals surface area contributed by atoms with Crippen molar-refractivity contribution < 1.29 is 0 Å². The second-order valence-corrected chi connectivity index (χ2v) is 3.51. The molecule has 0 aliphatic rings. The van der Waals surface area contributed by atoms with Crippen LogP contribution < -0.4 is 0 Å². The monoisotopic (exact) mass is 198 g/mol. The van der Waals surface area contributed by atoms with E-state index in [0.717, 1.165) is 17.0 Å². The summed E-state index contributed by atoms with van der Waals surface area (Å²) < 4.78 is 1.70. The Hall–Kier alpha value is -2.10. The predicted octanol–water partition coefficient (Wildman–Crippen LogP) is 1.96. The first-order chi connectivity index (χ1) is 7.33. The van der Waals surface area contributed by atoms with E-state index in [1.54, 1.807) is 11.0 Å². The molecule has 4 heteroatoms. The fourth-order valence-corrected chi connectivity index (χ4v) is 1.66. The number of hydrogen-bond acceptors (Lipinski definition) is 2. The van der Waals surface area contributed by atoms with Gasteiger partial charge in [-0.15, -0.1) is 5.10 Å². The van der Waals surface area contributed by atoms with Gasteiger partial charge in [0.1, 0.15) is 6.33 Å². The molecule has 0 saturated heterocycles. The van der Waals surface area contributed by atoms with Crippen molar-refractivity contribution in [1.29, 1.82) is 0 Å². The fourth-order valence-electron chi connectivity index (χ4n) is 1.66. The summed E-state index contributed by atoms with van der Waals surface area (Å²) >= 11 is 0. The van der Waals surface area contributed by atoms with Crippen molar-refractivity contribution in [2.24, 2.45) is 7.05 Å². The molecule has 0 saturated carbocycles. The molecule has 74 valence electrons. The predicted molar refractivity (Wildman–Crippen MR) is 58.3 cm³/mol. The van der Waals surface area contributed by atoms with Crippen LogP contribution in [-0.2, 0) is 7.05 Å². The lowest BCUT2D eigenvalue weighted by molar-refractivity contribution is 0.767. The molecule has 4 nitrogen and oxygen atoms in total. The van der Waals surface area contributed by atoms with E-state index in [0.29, 0.717) is 0 Å². The number of rotatable bonds is 1. The Bertz CT molecular complexity index is 573. The fraction of sp³-hybridized carbons (Fsp3) is 0.0909. The average Bonchev–Trinajstić information content (AvgIpc) is 2.82. The lowest BCUT2D eigenvalue weighted by atomic mass is 10.2. The van der Waals surface area contributed by atoms with Gasteiger partial charge in [0.05, 0.1) is 5.69 Å². The Kier molecular flexibility index (Phi) is 1.62. The SMILES string of the molecule is Cn1cnc(-c2cc3ccccc3[nH]2)n1. The average molecular weight is 198 g/mol. The number of benzene rings is 1. The van der Waals surface area contributed by atoms with Gasteiger partial charge in [-0.1, -0.05) is 18.2 Å². The van der Waals surface area contributed by atoms with Gasteiger partial charge in [-0.05, 0) is 12.1 Å². The summed E-state index contributed by atoms with van der Waals surface area (Å²) in [7, 11) is 1.86. The molecule has 3 rings (SSSR count). The van der Waals surface area contributed by atoms with Gasteiger partial charge in [-0.3, -0.25) is 4.68 Å². The highest BCUT2D eigenvalue weighted by Gasteiger charge is 2.06. The lowest BCUT2D eigenvalue weighted by Crippen LogP contribution is -1.87. The molecule has 0 amide bonds.